The van der Waals surface area contributed by atoms with E-state index in [2.05, 4.69) is 24.8 Å². The monoisotopic (exact) mass is 371 g/mol. The fourth-order valence-electron chi connectivity index (χ4n) is 5.40. The molecule has 148 valence electrons. The molecule has 4 heteroatoms. The average Bonchev–Trinajstić information content (AvgIpc) is 3.31. The molecule has 1 unspecified atom stereocenters. The number of nitrogens with zero attached hydrogens (tertiary/aromatic N) is 1. The van der Waals surface area contributed by atoms with E-state index in [1.807, 2.05) is 18.2 Å². The summed E-state index contributed by atoms with van der Waals surface area (Å²) in [5.74, 6) is -0.883. The largest absolute Gasteiger partial charge is 0.479 e. The second kappa shape index (κ2) is 8.15. The molecule has 1 saturated carbocycles. The minimum atomic E-state index is -1.81. The highest BCUT2D eigenvalue weighted by Gasteiger charge is 2.61. The van der Waals surface area contributed by atoms with E-state index in [0.29, 0.717) is 5.56 Å². The van der Waals surface area contributed by atoms with Crippen LogP contribution in [0.4, 0.5) is 0 Å². The molecule has 0 radical (unpaired) electrons. The zero-order valence-electron chi connectivity index (χ0n) is 16.7. The van der Waals surface area contributed by atoms with Gasteiger partial charge < -0.3 is 15.1 Å². The second-order valence-corrected chi connectivity index (χ2v) is 8.60. The van der Waals surface area contributed by atoms with E-state index in [1.165, 1.54) is 5.57 Å². The van der Waals surface area contributed by atoms with Gasteiger partial charge in [-0.05, 0) is 57.6 Å². The summed E-state index contributed by atoms with van der Waals surface area (Å²) in [6.07, 6.45) is 7.83. The van der Waals surface area contributed by atoms with Crippen LogP contribution in [0.2, 0.25) is 0 Å². The molecule has 2 fully saturated rings. The van der Waals surface area contributed by atoms with Crippen molar-refractivity contribution in [3.8, 4) is 0 Å². The number of aliphatic carboxylic acids is 1. The van der Waals surface area contributed by atoms with Crippen LogP contribution in [0.5, 0.6) is 0 Å². The SMILES string of the molecule is CC(C)=CCCN1CC[C@@H](C2(C(O)(C(=O)O)c3ccccc3)CCCC2)C1. The van der Waals surface area contributed by atoms with Gasteiger partial charge >= 0.3 is 5.97 Å². The third kappa shape index (κ3) is 3.70. The first-order chi connectivity index (χ1) is 12.9. The molecule has 1 aliphatic carbocycles. The standard InChI is InChI=1S/C23H33NO3/c1-18(2)9-8-15-24-16-12-20(17-24)22(13-6-7-14-22)23(27,21(25)26)19-10-4-3-5-11-19/h3-5,9-11,20,27H,6-8,12-17H2,1-2H3,(H,25,26)/t20-,23?/m1/s1. The Hall–Kier alpha value is -1.65. The van der Waals surface area contributed by atoms with E-state index in [9.17, 15) is 15.0 Å². The van der Waals surface area contributed by atoms with E-state index in [-0.39, 0.29) is 5.92 Å². The summed E-state index contributed by atoms with van der Waals surface area (Å²) in [5.41, 5.74) is -0.527. The third-order valence-electron chi connectivity index (χ3n) is 6.77. The molecule has 2 atom stereocenters. The lowest BCUT2D eigenvalue weighted by atomic mass is 9.59. The molecule has 1 aliphatic heterocycles. The molecule has 2 aliphatic rings. The van der Waals surface area contributed by atoms with Gasteiger partial charge in [-0.15, -0.1) is 0 Å². The Kier molecular flexibility index (Phi) is 6.07. The van der Waals surface area contributed by atoms with Crippen LogP contribution in [0.3, 0.4) is 0 Å². The zero-order chi connectivity index (χ0) is 19.5. The van der Waals surface area contributed by atoms with Crippen LogP contribution in [0.1, 0.15) is 57.9 Å². The first kappa shape index (κ1) is 20.1. The van der Waals surface area contributed by atoms with Crippen molar-refractivity contribution in [2.75, 3.05) is 19.6 Å². The lowest BCUT2D eigenvalue weighted by Crippen LogP contribution is -2.54. The summed E-state index contributed by atoms with van der Waals surface area (Å²) in [7, 11) is 0. The van der Waals surface area contributed by atoms with Crippen LogP contribution in [0.15, 0.2) is 42.0 Å². The number of benzene rings is 1. The molecular formula is C23H33NO3. The van der Waals surface area contributed by atoms with Gasteiger partial charge in [0.1, 0.15) is 0 Å². The number of hydrogen-bond donors (Lipinski definition) is 2. The highest BCUT2D eigenvalue weighted by atomic mass is 16.4. The summed E-state index contributed by atoms with van der Waals surface area (Å²) in [5, 5.41) is 21.8. The fourth-order valence-corrected chi connectivity index (χ4v) is 5.40. The molecule has 1 heterocycles. The molecule has 0 bridgehead atoms. The third-order valence-corrected chi connectivity index (χ3v) is 6.77. The Morgan fingerprint density at radius 2 is 1.93 bits per heavy atom. The van der Waals surface area contributed by atoms with E-state index < -0.39 is 17.0 Å². The van der Waals surface area contributed by atoms with Gasteiger partial charge in [0.25, 0.3) is 0 Å². The lowest BCUT2D eigenvalue weighted by Gasteiger charge is -2.46. The molecule has 0 spiro atoms. The Morgan fingerprint density at radius 3 is 2.52 bits per heavy atom. The predicted molar refractivity (Wildman–Crippen MR) is 107 cm³/mol. The lowest BCUT2D eigenvalue weighted by molar-refractivity contribution is -0.185. The number of hydrogen-bond acceptors (Lipinski definition) is 3. The number of carboxylic acid groups (broad SMARTS) is 1. The normalized spacial score (nSPS) is 24.5. The summed E-state index contributed by atoms with van der Waals surface area (Å²) in [4.78, 5) is 14.9. The first-order valence-corrected chi connectivity index (χ1v) is 10.3. The number of carboxylic acids is 1. The maximum absolute atomic E-state index is 12.4. The van der Waals surface area contributed by atoms with Gasteiger partial charge in [-0.1, -0.05) is 54.8 Å². The van der Waals surface area contributed by atoms with E-state index in [0.717, 1.165) is 58.2 Å². The van der Waals surface area contributed by atoms with Gasteiger partial charge in [0.15, 0.2) is 5.60 Å². The Morgan fingerprint density at radius 1 is 1.26 bits per heavy atom. The van der Waals surface area contributed by atoms with Crippen LogP contribution in [-0.2, 0) is 10.4 Å². The van der Waals surface area contributed by atoms with Crippen molar-refractivity contribution in [1.82, 2.24) is 4.90 Å². The Bertz CT molecular complexity index is 674. The van der Waals surface area contributed by atoms with Crippen molar-refractivity contribution < 1.29 is 15.0 Å². The maximum Gasteiger partial charge on any atom is 0.341 e. The smallest absolute Gasteiger partial charge is 0.341 e. The van der Waals surface area contributed by atoms with Crippen LogP contribution in [0, 0.1) is 11.3 Å². The van der Waals surface area contributed by atoms with Gasteiger partial charge in [-0.25, -0.2) is 4.79 Å². The quantitative estimate of drug-likeness (QED) is 0.705. The van der Waals surface area contributed by atoms with E-state index in [4.69, 9.17) is 0 Å². The number of carbonyl (C=O) groups is 1. The molecule has 4 nitrogen and oxygen atoms in total. The molecule has 1 aromatic rings. The number of likely N-dealkylation sites (tertiary alicyclic amines) is 1. The molecular weight excluding hydrogens is 338 g/mol. The average molecular weight is 372 g/mol. The second-order valence-electron chi connectivity index (χ2n) is 8.60. The molecule has 1 aromatic carbocycles. The van der Waals surface area contributed by atoms with Crippen molar-refractivity contribution in [1.29, 1.82) is 0 Å². The highest BCUT2D eigenvalue weighted by molar-refractivity contribution is 5.80. The Labute approximate surface area is 162 Å². The zero-order valence-corrected chi connectivity index (χ0v) is 16.7. The van der Waals surface area contributed by atoms with Gasteiger partial charge in [-0.2, -0.15) is 0 Å². The van der Waals surface area contributed by atoms with Gasteiger partial charge in [0.2, 0.25) is 0 Å². The van der Waals surface area contributed by atoms with Crippen LogP contribution >= 0.6 is 0 Å². The maximum atomic E-state index is 12.4. The number of rotatable bonds is 7. The van der Waals surface area contributed by atoms with Crippen molar-refractivity contribution >= 4 is 5.97 Å². The van der Waals surface area contributed by atoms with Crippen molar-refractivity contribution in [3.63, 3.8) is 0 Å². The topological polar surface area (TPSA) is 60.8 Å². The number of aliphatic hydroxyl groups is 1. The summed E-state index contributed by atoms with van der Waals surface area (Å²) in [6, 6.07) is 9.07. The van der Waals surface area contributed by atoms with Gasteiger partial charge in [0.05, 0.1) is 0 Å². The van der Waals surface area contributed by atoms with Crippen molar-refractivity contribution in [3.05, 3.63) is 47.5 Å². The minimum Gasteiger partial charge on any atom is -0.479 e. The van der Waals surface area contributed by atoms with Crippen LogP contribution in [-0.4, -0.2) is 40.7 Å². The van der Waals surface area contributed by atoms with Crippen LogP contribution < -0.4 is 0 Å². The highest BCUT2D eigenvalue weighted by Crippen LogP contribution is 2.58. The molecule has 3 rings (SSSR count). The molecule has 0 amide bonds. The van der Waals surface area contributed by atoms with Crippen molar-refractivity contribution in [2.45, 2.75) is 58.0 Å². The Balaban J connectivity index is 1.87. The van der Waals surface area contributed by atoms with Crippen molar-refractivity contribution in [2.24, 2.45) is 11.3 Å². The molecule has 0 aromatic heterocycles. The first-order valence-electron chi connectivity index (χ1n) is 10.3. The van der Waals surface area contributed by atoms with Gasteiger partial charge in [0, 0.05) is 18.5 Å². The molecule has 1 saturated heterocycles. The minimum absolute atomic E-state index is 0.216. The van der Waals surface area contributed by atoms with E-state index >= 15 is 0 Å². The van der Waals surface area contributed by atoms with Crippen LogP contribution in [0.25, 0.3) is 0 Å². The summed E-state index contributed by atoms with van der Waals surface area (Å²) < 4.78 is 0. The van der Waals surface area contributed by atoms with Gasteiger partial charge in [-0.3, -0.25) is 0 Å². The fraction of sp³-hybridized carbons (Fsp3) is 0.609. The van der Waals surface area contributed by atoms with E-state index in [1.54, 1.807) is 12.1 Å². The summed E-state index contributed by atoms with van der Waals surface area (Å²) in [6.45, 7) is 7.13. The summed E-state index contributed by atoms with van der Waals surface area (Å²) >= 11 is 0. The molecule has 27 heavy (non-hydrogen) atoms. The predicted octanol–water partition coefficient (Wildman–Crippen LogP) is 4.20. The molecule has 2 N–H and O–H groups in total. The number of allylic oxidation sites excluding steroid dienone is 1.